The van der Waals surface area contributed by atoms with Crippen molar-refractivity contribution in [1.82, 2.24) is 9.97 Å². The Labute approximate surface area is 111 Å². The van der Waals surface area contributed by atoms with Crippen LogP contribution in [0.5, 0.6) is 5.88 Å². The van der Waals surface area contributed by atoms with Gasteiger partial charge in [0.1, 0.15) is 5.82 Å². The lowest BCUT2D eigenvalue weighted by molar-refractivity contribution is 0.111. The maximum Gasteiger partial charge on any atom is 0.243 e. The van der Waals surface area contributed by atoms with Crippen LogP contribution in [0.15, 0.2) is 28.9 Å². The van der Waals surface area contributed by atoms with Crippen LogP contribution in [0.3, 0.4) is 0 Å². The number of ether oxygens (including phenoxy) is 1. The fraction of sp³-hybridized carbons (Fsp3) is 0.0833. The highest BCUT2D eigenvalue weighted by atomic mass is 79.9. The fourth-order valence-corrected chi connectivity index (χ4v) is 1.81. The topological polar surface area (TPSA) is 52.1 Å². The normalized spacial score (nSPS) is 10.2. The predicted molar refractivity (Wildman–Crippen MR) is 67.1 cm³/mol. The van der Waals surface area contributed by atoms with Gasteiger partial charge in [0, 0.05) is 5.56 Å². The van der Waals surface area contributed by atoms with E-state index in [4.69, 9.17) is 4.74 Å². The van der Waals surface area contributed by atoms with Gasteiger partial charge in [0.15, 0.2) is 12.0 Å². The summed E-state index contributed by atoms with van der Waals surface area (Å²) in [5.41, 5.74) is 0.667. The molecular weight excluding hydrogens is 303 g/mol. The molecular formula is C12H8BrFN2O2. The first-order valence-electron chi connectivity index (χ1n) is 4.98. The molecule has 2 rings (SSSR count). The molecule has 1 aromatic heterocycles. The minimum Gasteiger partial charge on any atom is -0.479 e. The number of aldehydes is 1. The van der Waals surface area contributed by atoms with Gasteiger partial charge in [-0.15, -0.1) is 0 Å². The molecule has 2 aromatic rings. The Balaban J connectivity index is 2.58. The van der Waals surface area contributed by atoms with Crippen molar-refractivity contribution in [3.63, 3.8) is 0 Å². The summed E-state index contributed by atoms with van der Waals surface area (Å²) in [4.78, 5) is 18.6. The highest BCUT2D eigenvalue weighted by Gasteiger charge is 2.13. The lowest BCUT2D eigenvalue weighted by Crippen LogP contribution is -1.99. The molecule has 0 unspecified atom stereocenters. The number of carbonyl (C=O) groups is 1. The smallest absolute Gasteiger partial charge is 0.243 e. The molecule has 0 radical (unpaired) electrons. The van der Waals surface area contributed by atoms with E-state index in [0.717, 1.165) is 0 Å². The van der Waals surface area contributed by atoms with Crippen LogP contribution in [0.2, 0.25) is 0 Å². The Bertz CT molecular complexity index is 605. The Morgan fingerprint density at radius 3 is 2.89 bits per heavy atom. The highest BCUT2D eigenvalue weighted by molar-refractivity contribution is 9.10. The number of methoxy groups -OCH3 is 1. The monoisotopic (exact) mass is 310 g/mol. The average Bonchev–Trinajstić information content (AvgIpc) is 2.41. The highest BCUT2D eigenvalue weighted by Crippen LogP contribution is 2.27. The van der Waals surface area contributed by atoms with E-state index in [1.165, 1.54) is 13.3 Å². The van der Waals surface area contributed by atoms with Crippen molar-refractivity contribution in [3.05, 3.63) is 40.4 Å². The van der Waals surface area contributed by atoms with Gasteiger partial charge in [-0.05, 0) is 28.1 Å². The first kappa shape index (κ1) is 12.6. The van der Waals surface area contributed by atoms with E-state index in [9.17, 15) is 9.18 Å². The van der Waals surface area contributed by atoms with E-state index in [-0.39, 0.29) is 17.1 Å². The minimum absolute atomic E-state index is 0.0712. The second kappa shape index (κ2) is 5.22. The van der Waals surface area contributed by atoms with E-state index >= 15 is 0 Å². The third kappa shape index (κ3) is 2.24. The number of rotatable bonds is 3. The van der Waals surface area contributed by atoms with Crippen LogP contribution >= 0.6 is 15.9 Å². The number of hydrogen-bond donors (Lipinski definition) is 0. The van der Waals surface area contributed by atoms with Crippen molar-refractivity contribution in [2.45, 2.75) is 0 Å². The van der Waals surface area contributed by atoms with Gasteiger partial charge in [0.05, 0.1) is 23.5 Å². The van der Waals surface area contributed by atoms with Crippen LogP contribution in [-0.4, -0.2) is 23.4 Å². The molecule has 92 valence electrons. The maximum atomic E-state index is 13.9. The first-order valence-corrected chi connectivity index (χ1v) is 5.77. The molecule has 0 aliphatic rings. The van der Waals surface area contributed by atoms with Crippen LogP contribution in [0.25, 0.3) is 11.3 Å². The van der Waals surface area contributed by atoms with Gasteiger partial charge in [0.2, 0.25) is 5.88 Å². The van der Waals surface area contributed by atoms with Gasteiger partial charge >= 0.3 is 0 Å². The summed E-state index contributed by atoms with van der Waals surface area (Å²) in [6.45, 7) is 0. The molecule has 0 N–H and O–H groups in total. The van der Waals surface area contributed by atoms with Gasteiger partial charge in [-0.25, -0.2) is 14.4 Å². The number of halogens is 2. The van der Waals surface area contributed by atoms with E-state index in [0.29, 0.717) is 16.5 Å². The molecule has 0 aliphatic carbocycles. The quantitative estimate of drug-likeness (QED) is 0.818. The lowest BCUT2D eigenvalue weighted by atomic mass is 10.1. The van der Waals surface area contributed by atoms with E-state index in [2.05, 4.69) is 25.9 Å². The molecule has 0 amide bonds. The van der Waals surface area contributed by atoms with E-state index in [1.807, 2.05) is 0 Å². The van der Waals surface area contributed by atoms with Crippen molar-refractivity contribution >= 4 is 22.2 Å². The van der Waals surface area contributed by atoms with E-state index < -0.39 is 5.82 Å². The first-order chi connectivity index (χ1) is 8.67. The molecule has 0 fully saturated rings. The molecule has 4 nitrogen and oxygen atoms in total. The van der Waals surface area contributed by atoms with Crippen LogP contribution in [0.4, 0.5) is 4.39 Å². The van der Waals surface area contributed by atoms with Crippen molar-refractivity contribution in [2.75, 3.05) is 7.11 Å². The van der Waals surface area contributed by atoms with Gasteiger partial charge in [-0.3, -0.25) is 4.79 Å². The summed E-state index contributed by atoms with van der Waals surface area (Å²) in [5.74, 6) is -0.366. The fourth-order valence-electron chi connectivity index (χ4n) is 1.44. The molecule has 0 saturated heterocycles. The minimum atomic E-state index is -0.437. The lowest BCUT2D eigenvalue weighted by Gasteiger charge is -2.06. The second-order valence-corrected chi connectivity index (χ2v) is 4.22. The molecule has 1 aromatic carbocycles. The Kier molecular flexibility index (Phi) is 3.66. The predicted octanol–water partition coefficient (Wildman–Crippen LogP) is 2.87. The van der Waals surface area contributed by atoms with Crippen molar-refractivity contribution in [2.24, 2.45) is 0 Å². The van der Waals surface area contributed by atoms with Crippen LogP contribution in [-0.2, 0) is 0 Å². The molecule has 1 heterocycles. The van der Waals surface area contributed by atoms with E-state index in [1.54, 1.807) is 18.2 Å². The Morgan fingerprint density at radius 1 is 1.44 bits per heavy atom. The molecule has 0 spiro atoms. The Morgan fingerprint density at radius 2 is 2.22 bits per heavy atom. The number of benzene rings is 1. The zero-order valence-electron chi connectivity index (χ0n) is 9.35. The van der Waals surface area contributed by atoms with Crippen molar-refractivity contribution in [1.29, 1.82) is 0 Å². The second-order valence-electron chi connectivity index (χ2n) is 3.37. The van der Waals surface area contributed by atoms with Gasteiger partial charge in [0.25, 0.3) is 0 Å². The maximum absolute atomic E-state index is 13.9. The zero-order chi connectivity index (χ0) is 13.1. The summed E-state index contributed by atoms with van der Waals surface area (Å²) in [7, 11) is 1.37. The molecule has 0 bridgehead atoms. The third-order valence-corrected chi connectivity index (χ3v) is 2.91. The standard InChI is InChI=1S/C12H8BrFN2O2/c1-18-12-10(6-17)15-5-9(16-12)7-3-2-4-8(13)11(7)14/h2-6H,1H3. The number of aromatic nitrogens is 2. The summed E-state index contributed by atoms with van der Waals surface area (Å²) < 4.78 is 19.1. The number of hydrogen-bond acceptors (Lipinski definition) is 4. The SMILES string of the molecule is COc1nc(-c2cccc(Br)c2F)cnc1C=O. The van der Waals surface area contributed by atoms with Crippen molar-refractivity contribution < 1.29 is 13.9 Å². The molecule has 18 heavy (non-hydrogen) atoms. The van der Waals surface area contributed by atoms with Gasteiger partial charge in [-0.1, -0.05) is 6.07 Å². The molecule has 6 heteroatoms. The zero-order valence-corrected chi connectivity index (χ0v) is 10.9. The summed E-state index contributed by atoms with van der Waals surface area (Å²) in [6.07, 6.45) is 1.87. The van der Waals surface area contributed by atoms with Crippen LogP contribution in [0, 0.1) is 5.82 Å². The van der Waals surface area contributed by atoms with Gasteiger partial charge in [-0.2, -0.15) is 0 Å². The van der Waals surface area contributed by atoms with Gasteiger partial charge < -0.3 is 4.74 Å². The molecule has 0 saturated carbocycles. The Hall–Kier alpha value is -1.82. The summed E-state index contributed by atoms with van der Waals surface area (Å²) >= 11 is 3.10. The molecule has 0 atom stereocenters. The van der Waals surface area contributed by atoms with Crippen LogP contribution < -0.4 is 4.74 Å². The summed E-state index contributed by atoms with van der Waals surface area (Å²) in [6, 6.07) is 4.84. The average molecular weight is 311 g/mol. The summed E-state index contributed by atoms with van der Waals surface area (Å²) in [5, 5.41) is 0. The van der Waals surface area contributed by atoms with Crippen LogP contribution in [0.1, 0.15) is 10.5 Å². The number of carbonyl (C=O) groups excluding carboxylic acids is 1. The van der Waals surface area contributed by atoms with Crippen molar-refractivity contribution in [3.8, 4) is 17.1 Å². The third-order valence-electron chi connectivity index (χ3n) is 2.30. The number of nitrogens with zero attached hydrogens (tertiary/aromatic N) is 2. The largest absolute Gasteiger partial charge is 0.479 e. The molecule has 0 aliphatic heterocycles.